The first kappa shape index (κ1) is 20.8. The molecule has 4 rings (SSSR count). The molecule has 0 aliphatic carbocycles. The highest BCUT2D eigenvalue weighted by Gasteiger charge is 2.48. The van der Waals surface area contributed by atoms with Crippen molar-refractivity contribution >= 4 is 51.8 Å². The van der Waals surface area contributed by atoms with Gasteiger partial charge >= 0.3 is 0 Å². The molecular formula is C22H15ClN2O5S. The van der Waals surface area contributed by atoms with Crippen LogP contribution in [0, 0.1) is 17.0 Å². The molecule has 0 radical (unpaired) electrons. The van der Waals surface area contributed by atoms with Crippen LogP contribution in [0.25, 0.3) is 5.76 Å². The molecule has 1 N–H and O–H groups in total. The average molecular weight is 455 g/mol. The Balaban J connectivity index is 1.96. The fourth-order valence-corrected chi connectivity index (χ4v) is 4.77. The van der Waals surface area contributed by atoms with Gasteiger partial charge in [-0.3, -0.25) is 24.6 Å². The van der Waals surface area contributed by atoms with Gasteiger partial charge in [-0.05, 0) is 42.1 Å². The van der Waals surface area contributed by atoms with Crippen molar-refractivity contribution in [3.63, 3.8) is 0 Å². The Kier molecular flexibility index (Phi) is 5.34. The summed E-state index contributed by atoms with van der Waals surface area (Å²) >= 11 is 7.45. The molecule has 1 atom stereocenters. The molecule has 0 spiro atoms. The Morgan fingerprint density at radius 3 is 2.55 bits per heavy atom. The van der Waals surface area contributed by atoms with Crippen molar-refractivity contribution in [2.75, 3.05) is 4.90 Å². The predicted octanol–water partition coefficient (Wildman–Crippen LogP) is 5.24. The molecule has 1 aliphatic rings. The summed E-state index contributed by atoms with van der Waals surface area (Å²) in [5.41, 5.74) is 0.963. The maximum Gasteiger partial charge on any atom is 0.300 e. The minimum Gasteiger partial charge on any atom is -0.507 e. The normalized spacial score (nSPS) is 17.9. The van der Waals surface area contributed by atoms with Crippen molar-refractivity contribution in [1.29, 1.82) is 0 Å². The van der Waals surface area contributed by atoms with Gasteiger partial charge in [-0.15, -0.1) is 11.3 Å². The van der Waals surface area contributed by atoms with E-state index in [4.69, 9.17) is 11.6 Å². The smallest absolute Gasteiger partial charge is 0.300 e. The number of carbonyl (C=O) groups excluding carboxylic acids is 2. The van der Waals surface area contributed by atoms with E-state index in [1.54, 1.807) is 24.3 Å². The maximum atomic E-state index is 13.1. The van der Waals surface area contributed by atoms with E-state index >= 15 is 0 Å². The second-order valence-electron chi connectivity index (χ2n) is 6.92. The Morgan fingerprint density at radius 1 is 1.16 bits per heavy atom. The number of nitro groups is 1. The van der Waals surface area contributed by atoms with E-state index in [1.165, 1.54) is 40.5 Å². The van der Waals surface area contributed by atoms with Crippen molar-refractivity contribution in [3.8, 4) is 0 Å². The van der Waals surface area contributed by atoms with Crippen LogP contribution in [-0.2, 0) is 9.59 Å². The number of nitro benzene ring substituents is 1. The molecule has 0 bridgehead atoms. The summed E-state index contributed by atoms with van der Waals surface area (Å²) < 4.78 is 0. The van der Waals surface area contributed by atoms with Gasteiger partial charge in [0.05, 0.1) is 10.5 Å². The number of aliphatic hydroxyl groups is 1. The third-order valence-electron chi connectivity index (χ3n) is 5.01. The van der Waals surface area contributed by atoms with E-state index in [9.17, 15) is 24.8 Å². The van der Waals surface area contributed by atoms with Gasteiger partial charge in [0.15, 0.2) is 0 Å². The molecule has 1 aromatic heterocycles. The molecule has 1 aliphatic heterocycles. The van der Waals surface area contributed by atoms with Crippen LogP contribution in [0.5, 0.6) is 0 Å². The first-order valence-electron chi connectivity index (χ1n) is 9.15. The number of ketones is 1. The molecule has 156 valence electrons. The van der Waals surface area contributed by atoms with Gasteiger partial charge in [-0.2, -0.15) is 0 Å². The number of hydrogen-bond donors (Lipinski definition) is 1. The van der Waals surface area contributed by atoms with E-state index in [1.807, 2.05) is 18.4 Å². The molecule has 1 saturated heterocycles. The van der Waals surface area contributed by atoms with Gasteiger partial charge in [0.25, 0.3) is 17.4 Å². The van der Waals surface area contributed by atoms with Crippen molar-refractivity contribution in [2.45, 2.75) is 13.0 Å². The molecule has 2 heterocycles. The zero-order valence-electron chi connectivity index (χ0n) is 16.1. The Bertz CT molecular complexity index is 1270. The second-order valence-corrected chi connectivity index (χ2v) is 8.31. The number of nitrogens with zero attached hydrogens (tertiary/aromatic N) is 2. The first-order valence-corrected chi connectivity index (χ1v) is 10.4. The van der Waals surface area contributed by atoms with Crippen LogP contribution in [0.15, 0.2) is 65.6 Å². The van der Waals surface area contributed by atoms with Crippen LogP contribution in [0.4, 0.5) is 11.4 Å². The quantitative estimate of drug-likeness (QED) is 0.191. The molecule has 1 amide bonds. The van der Waals surface area contributed by atoms with Crippen LogP contribution >= 0.6 is 22.9 Å². The van der Waals surface area contributed by atoms with Crippen LogP contribution in [0.1, 0.15) is 22.0 Å². The lowest BCUT2D eigenvalue weighted by molar-refractivity contribution is -0.384. The van der Waals surface area contributed by atoms with Crippen LogP contribution < -0.4 is 4.90 Å². The fraction of sp³-hybridized carbons (Fsp3) is 0.0909. The number of thiophene rings is 1. The van der Waals surface area contributed by atoms with Crippen molar-refractivity contribution < 1.29 is 19.6 Å². The third-order valence-corrected chi connectivity index (χ3v) is 6.32. The summed E-state index contributed by atoms with van der Waals surface area (Å²) in [4.78, 5) is 38.6. The number of benzene rings is 2. The van der Waals surface area contributed by atoms with Gasteiger partial charge in [0.2, 0.25) is 0 Å². The topological polar surface area (TPSA) is 101 Å². The van der Waals surface area contributed by atoms with Crippen molar-refractivity contribution in [3.05, 3.63) is 96.7 Å². The number of aliphatic hydroxyl groups excluding tert-OH is 1. The number of anilines is 1. The second kappa shape index (κ2) is 7.98. The lowest BCUT2D eigenvalue weighted by Gasteiger charge is -2.25. The maximum absolute atomic E-state index is 13.1. The third kappa shape index (κ3) is 3.60. The van der Waals surface area contributed by atoms with Crippen molar-refractivity contribution in [1.82, 2.24) is 0 Å². The number of aryl methyl sites for hydroxylation is 1. The average Bonchev–Trinajstić information content (AvgIpc) is 3.28. The van der Waals surface area contributed by atoms with E-state index < -0.39 is 28.4 Å². The van der Waals surface area contributed by atoms with Gasteiger partial charge in [0, 0.05) is 33.3 Å². The van der Waals surface area contributed by atoms with Gasteiger partial charge in [-0.1, -0.05) is 29.8 Å². The fourth-order valence-electron chi connectivity index (χ4n) is 3.56. The highest BCUT2D eigenvalue weighted by molar-refractivity contribution is 7.10. The summed E-state index contributed by atoms with van der Waals surface area (Å²) in [7, 11) is 0. The molecule has 9 heteroatoms. The van der Waals surface area contributed by atoms with E-state index in [0.29, 0.717) is 15.6 Å². The Hall–Kier alpha value is -3.49. The number of carbonyl (C=O) groups is 2. The number of non-ortho nitro benzene ring substituents is 1. The van der Waals surface area contributed by atoms with Crippen LogP contribution in [-0.4, -0.2) is 21.7 Å². The van der Waals surface area contributed by atoms with Crippen LogP contribution in [0.2, 0.25) is 5.02 Å². The van der Waals surface area contributed by atoms with E-state index in [2.05, 4.69) is 0 Å². The minimum atomic E-state index is -0.891. The Morgan fingerprint density at radius 2 is 1.90 bits per heavy atom. The van der Waals surface area contributed by atoms with E-state index in [0.717, 1.165) is 5.56 Å². The summed E-state index contributed by atoms with van der Waals surface area (Å²) in [6.07, 6.45) is 0. The number of halogens is 1. The summed E-state index contributed by atoms with van der Waals surface area (Å²) in [6.45, 7) is 1.84. The van der Waals surface area contributed by atoms with Gasteiger partial charge < -0.3 is 5.11 Å². The van der Waals surface area contributed by atoms with Gasteiger partial charge in [0.1, 0.15) is 11.8 Å². The first-order chi connectivity index (χ1) is 14.8. The monoisotopic (exact) mass is 454 g/mol. The number of hydrogen-bond acceptors (Lipinski definition) is 6. The molecule has 31 heavy (non-hydrogen) atoms. The zero-order valence-corrected chi connectivity index (χ0v) is 17.7. The lowest BCUT2D eigenvalue weighted by atomic mass is 9.98. The number of Topliss-reactive ketones (excluding diaryl/α,β-unsaturated/α-hetero) is 1. The lowest BCUT2D eigenvalue weighted by Crippen LogP contribution is -2.29. The molecule has 7 nitrogen and oxygen atoms in total. The zero-order chi connectivity index (χ0) is 22.3. The standard InChI is InChI=1S/C22H15ClN2O5S/c1-12-8-9-31-21(12)18-17(19(26)13-4-2-7-16(10-13)25(29)30)20(27)22(28)24(18)15-6-3-5-14(23)11-15/h2-11,18,26H,1H3/b19-17-. The molecular weight excluding hydrogens is 440 g/mol. The molecule has 1 fully saturated rings. The Labute approximate surface area is 186 Å². The van der Waals surface area contributed by atoms with E-state index in [-0.39, 0.29) is 16.8 Å². The summed E-state index contributed by atoms with van der Waals surface area (Å²) in [5, 5.41) is 24.4. The molecule has 1 unspecified atom stereocenters. The van der Waals surface area contributed by atoms with Gasteiger partial charge in [-0.25, -0.2) is 0 Å². The largest absolute Gasteiger partial charge is 0.507 e. The number of amides is 1. The molecule has 2 aromatic carbocycles. The van der Waals surface area contributed by atoms with Crippen molar-refractivity contribution in [2.24, 2.45) is 0 Å². The number of rotatable bonds is 4. The summed E-state index contributed by atoms with van der Waals surface area (Å²) in [6, 6.07) is 12.8. The highest BCUT2D eigenvalue weighted by atomic mass is 35.5. The molecule has 0 saturated carbocycles. The minimum absolute atomic E-state index is 0.0810. The SMILES string of the molecule is Cc1ccsc1C1/C(=C(/O)c2cccc([N+](=O)[O-])c2)C(=O)C(=O)N1c1cccc(Cl)c1. The summed E-state index contributed by atoms with van der Waals surface area (Å²) in [5.74, 6) is -2.15. The molecule has 3 aromatic rings. The highest BCUT2D eigenvalue weighted by Crippen LogP contribution is 2.45. The predicted molar refractivity (Wildman–Crippen MR) is 118 cm³/mol. The van der Waals surface area contributed by atoms with Crippen LogP contribution in [0.3, 0.4) is 0 Å².